The van der Waals surface area contributed by atoms with Crippen molar-refractivity contribution in [1.29, 1.82) is 0 Å². The molecule has 0 bridgehead atoms. The third-order valence-electron chi connectivity index (χ3n) is 3.29. The molecule has 4 heteroatoms. The van der Waals surface area contributed by atoms with Gasteiger partial charge in [-0.1, -0.05) is 0 Å². The molecule has 0 saturated carbocycles. The van der Waals surface area contributed by atoms with Crippen LogP contribution in [-0.2, 0) is 0 Å². The largest absolute Gasteiger partial charge is 0.316 e. The Balaban J connectivity index is 2.22. The zero-order valence-corrected chi connectivity index (χ0v) is 10.7. The Morgan fingerprint density at radius 2 is 1.70 bits per heavy atom. The van der Waals surface area contributed by atoms with Crippen molar-refractivity contribution in [3.8, 4) is 5.69 Å². The second kappa shape index (κ2) is 4.56. The molecule has 0 aliphatic carbocycles. The molecule has 0 atom stereocenters. The van der Waals surface area contributed by atoms with Gasteiger partial charge in [0.15, 0.2) is 5.78 Å². The van der Waals surface area contributed by atoms with Crippen molar-refractivity contribution in [2.75, 3.05) is 0 Å². The molecule has 0 radical (unpaired) electrons. The molecule has 0 aliphatic heterocycles. The fourth-order valence-electron chi connectivity index (χ4n) is 2.28. The Labute approximate surface area is 114 Å². The summed E-state index contributed by atoms with van der Waals surface area (Å²) in [6.07, 6.45) is 1.70. The summed E-state index contributed by atoms with van der Waals surface area (Å²) < 4.78 is 28.9. The van der Waals surface area contributed by atoms with Gasteiger partial charge in [-0.15, -0.1) is 0 Å². The van der Waals surface area contributed by atoms with Crippen molar-refractivity contribution in [3.05, 3.63) is 65.9 Å². The highest BCUT2D eigenvalue weighted by Gasteiger charge is 2.13. The smallest absolute Gasteiger partial charge is 0.162 e. The number of carbonyl (C=O) groups is 1. The molecule has 0 N–H and O–H groups in total. The lowest BCUT2D eigenvalue weighted by molar-refractivity contribution is 0.101. The van der Waals surface area contributed by atoms with Gasteiger partial charge in [0.1, 0.15) is 11.6 Å². The molecule has 0 saturated heterocycles. The highest BCUT2D eigenvalue weighted by molar-refractivity contribution is 5.98. The molecule has 3 rings (SSSR count). The maximum Gasteiger partial charge on any atom is 0.162 e. The van der Waals surface area contributed by atoms with Crippen LogP contribution in [0.15, 0.2) is 48.7 Å². The molecule has 1 aromatic heterocycles. The van der Waals surface area contributed by atoms with Crippen LogP contribution in [0.3, 0.4) is 0 Å². The van der Waals surface area contributed by atoms with E-state index in [0.29, 0.717) is 10.9 Å². The number of aromatic nitrogens is 1. The van der Waals surface area contributed by atoms with Crippen molar-refractivity contribution >= 4 is 16.7 Å². The number of Topliss-reactive ketones (excluding diaryl/α,β-unsaturated/α-hetero) is 1. The van der Waals surface area contributed by atoms with Gasteiger partial charge in [-0.3, -0.25) is 4.79 Å². The van der Waals surface area contributed by atoms with E-state index in [1.54, 1.807) is 35.0 Å². The number of fused-ring (bicyclic) bond motifs is 1. The van der Waals surface area contributed by atoms with E-state index in [1.165, 1.54) is 25.1 Å². The van der Waals surface area contributed by atoms with Gasteiger partial charge >= 0.3 is 0 Å². The second-order valence-corrected chi connectivity index (χ2v) is 4.58. The topological polar surface area (TPSA) is 22.0 Å². The average molecular weight is 271 g/mol. The Bertz CT molecular complexity index is 803. The Morgan fingerprint density at radius 3 is 2.35 bits per heavy atom. The molecule has 3 aromatic rings. The van der Waals surface area contributed by atoms with E-state index >= 15 is 0 Å². The van der Waals surface area contributed by atoms with Crippen LogP contribution in [-0.4, -0.2) is 10.4 Å². The zero-order chi connectivity index (χ0) is 14.3. The molecule has 20 heavy (non-hydrogen) atoms. The minimum atomic E-state index is -0.518. The zero-order valence-electron chi connectivity index (χ0n) is 10.7. The molecule has 0 aliphatic rings. The van der Waals surface area contributed by atoms with E-state index in [-0.39, 0.29) is 17.2 Å². The van der Waals surface area contributed by atoms with Crippen molar-refractivity contribution in [3.63, 3.8) is 0 Å². The number of hydrogen-bond acceptors (Lipinski definition) is 1. The van der Waals surface area contributed by atoms with Gasteiger partial charge in [0.2, 0.25) is 0 Å². The van der Waals surface area contributed by atoms with Gasteiger partial charge < -0.3 is 4.57 Å². The van der Waals surface area contributed by atoms with Gasteiger partial charge in [0.25, 0.3) is 0 Å². The second-order valence-electron chi connectivity index (χ2n) is 4.58. The average Bonchev–Trinajstić information content (AvgIpc) is 2.84. The van der Waals surface area contributed by atoms with Crippen molar-refractivity contribution in [2.24, 2.45) is 0 Å². The summed E-state index contributed by atoms with van der Waals surface area (Å²) >= 11 is 0. The SMILES string of the molecule is CC(=O)c1ccc2c(ccn2-c2ccc(F)cc2)c1F. The predicted octanol–water partition coefficient (Wildman–Crippen LogP) is 4.11. The van der Waals surface area contributed by atoms with Crippen molar-refractivity contribution in [1.82, 2.24) is 4.57 Å². The van der Waals surface area contributed by atoms with Gasteiger partial charge in [-0.05, 0) is 49.4 Å². The van der Waals surface area contributed by atoms with Crippen LogP contribution in [0.2, 0.25) is 0 Å². The first-order valence-electron chi connectivity index (χ1n) is 6.14. The molecule has 1 heterocycles. The minimum absolute atomic E-state index is 0.0781. The third-order valence-corrected chi connectivity index (χ3v) is 3.29. The standard InChI is InChI=1S/C16H11F2NO/c1-10(20)13-6-7-15-14(16(13)18)8-9-19(15)12-4-2-11(17)3-5-12/h2-9H,1H3. The van der Waals surface area contributed by atoms with E-state index in [9.17, 15) is 13.6 Å². The van der Waals surface area contributed by atoms with Gasteiger partial charge in [0.05, 0.1) is 11.1 Å². The summed E-state index contributed by atoms with van der Waals surface area (Å²) in [4.78, 5) is 11.3. The van der Waals surface area contributed by atoms with Crippen LogP contribution in [0.1, 0.15) is 17.3 Å². The van der Waals surface area contributed by atoms with E-state index in [2.05, 4.69) is 0 Å². The highest BCUT2D eigenvalue weighted by atomic mass is 19.1. The predicted molar refractivity (Wildman–Crippen MR) is 73.2 cm³/mol. The van der Waals surface area contributed by atoms with E-state index in [0.717, 1.165) is 5.69 Å². The van der Waals surface area contributed by atoms with Crippen LogP contribution < -0.4 is 0 Å². The molecular formula is C16H11F2NO. The molecule has 100 valence electrons. The molecule has 2 aromatic carbocycles. The van der Waals surface area contributed by atoms with Crippen molar-refractivity contribution < 1.29 is 13.6 Å². The number of carbonyl (C=O) groups excluding carboxylic acids is 1. The first kappa shape index (κ1) is 12.5. The van der Waals surface area contributed by atoms with E-state index in [1.807, 2.05) is 0 Å². The fraction of sp³-hybridized carbons (Fsp3) is 0.0625. The van der Waals surface area contributed by atoms with E-state index in [4.69, 9.17) is 0 Å². The molecule has 0 spiro atoms. The third kappa shape index (κ3) is 1.90. The fourth-order valence-corrected chi connectivity index (χ4v) is 2.28. The normalized spacial score (nSPS) is 10.9. The van der Waals surface area contributed by atoms with Crippen LogP contribution in [0.4, 0.5) is 8.78 Å². The number of halogens is 2. The summed E-state index contributed by atoms with van der Waals surface area (Å²) in [5, 5.41) is 0.377. The first-order valence-corrected chi connectivity index (χ1v) is 6.14. The van der Waals surface area contributed by atoms with Gasteiger partial charge in [-0.2, -0.15) is 0 Å². The Morgan fingerprint density at radius 1 is 1.00 bits per heavy atom. The quantitative estimate of drug-likeness (QED) is 0.643. The lowest BCUT2D eigenvalue weighted by atomic mass is 10.1. The van der Waals surface area contributed by atoms with Crippen LogP contribution in [0, 0.1) is 11.6 Å². The summed E-state index contributed by atoms with van der Waals surface area (Å²) in [5.41, 5.74) is 1.45. The summed E-state index contributed by atoms with van der Waals surface area (Å²) in [7, 11) is 0. The number of rotatable bonds is 2. The minimum Gasteiger partial charge on any atom is -0.316 e. The number of nitrogens with zero attached hydrogens (tertiary/aromatic N) is 1. The van der Waals surface area contributed by atoms with Crippen LogP contribution in [0.5, 0.6) is 0 Å². The Kier molecular flexibility index (Phi) is 2.86. The van der Waals surface area contributed by atoms with Crippen LogP contribution >= 0.6 is 0 Å². The lowest BCUT2D eigenvalue weighted by Crippen LogP contribution is -1.98. The maximum atomic E-state index is 14.2. The van der Waals surface area contributed by atoms with Gasteiger partial charge in [0, 0.05) is 17.3 Å². The summed E-state index contributed by atoms with van der Waals surface area (Å²) in [6.45, 7) is 1.33. The summed E-state index contributed by atoms with van der Waals surface area (Å²) in [6, 6.07) is 10.7. The molecular weight excluding hydrogens is 260 g/mol. The number of ketones is 1. The molecule has 0 unspecified atom stereocenters. The molecule has 0 fully saturated rings. The van der Waals surface area contributed by atoms with Crippen LogP contribution in [0.25, 0.3) is 16.6 Å². The first-order chi connectivity index (χ1) is 9.58. The molecule has 0 amide bonds. The summed E-state index contributed by atoms with van der Waals surface area (Å²) in [5.74, 6) is -1.15. The maximum absolute atomic E-state index is 14.2. The van der Waals surface area contributed by atoms with Gasteiger partial charge in [-0.25, -0.2) is 8.78 Å². The highest BCUT2D eigenvalue weighted by Crippen LogP contribution is 2.25. The van der Waals surface area contributed by atoms with E-state index < -0.39 is 5.82 Å². The van der Waals surface area contributed by atoms with Crippen molar-refractivity contribution in [2.45, 2.75) is 6.92 Å². The number of benzene rings is 2. The number of hydrogen-bond donors (Lipinski definition) is 0. The lowest BCUT2D eigenvalue weighted by Gasteiger charge is -2.06. The molecule has 2 nitrogen and oxygen atoms in total. The monoisotopic (exact) mass is 271 g/mol. The Hall–Kier alpha value is -2.49.